The van der Waals surface area contributed by atoms with Gasteiger partial charge in [0.1, 0.15) is 0 Å². The monoisotopic (exact) mass is 405 g/mol. The molecule has 0 amide bonds. The number of benzene rings is 1. The van der Waals surface area contributed by atoms with Crippen molar-refractivity contribution in [3.05, 3.63) is 51.6 Å². The van der Waals surface area contributed by atoms with E-state index in [1.807, 2.05) is 12.3 Å². The minimum atomic E-state index is -3.53. The van der Waals surface area contributed by atoms with Crippen molar-refractivity contribution in [3.63, 3.8) is 0 Å². The van der Waals surface area contributed by atoms with Crippen LogP contribution in [0.5, 0.6) is 0 Å². The number of carbonyl (C=O) groups is 1. The summed E-state index contributed by atoms with van der Waals surface area (Å²) in [6.07, 6.45) is 1.57. The van der Waals surface area contributed by atoms with Crippen LogP contribution in [-0.2, 0) is 19.6 Å². The van der Waals surface area contributed by atoms with Gasteiger partial charge in [-0.2, -0.15) is 4.31 Å². The summed E-state index contributed by atoms with van der Waals surface area (Å²) in [5, 5.41) is 2.72. The number of nitrogens with zero attached hydrogens (tertiary/aromatic N) is 3. The van der Waals surface area contributed by atoms with Crippen molar-refractivity contribution in [2.24, 2.45) is 4.99 Å². The third kappa shape index (κ3) is 4.00. The maximum Gasteiger partial charge on any atom is 0.363 e. The number of sulfonamides is 1. The van der Waals surface area contributed by atoms with Crippen molar-refractivity contribution in [3.8, 4) is 0 Å². The van der Waals surface area contributed by atoms with Gasteiger partial charge in [0.05, 0.1) is 15.6 Å². The number of esters is 1. The number of hydrogen-bond acceptors (Lipinski definition) is 7. The molecule has 27 heavy (non-hydrogen) atoms. The second-order valence-electron chi connectivity index (χ2n) is 5.74. The van der Waals surface area contributed by atoms with Crippen LogP contribution in [0.25, 0.3) is 6.08 Å². The molecule has 0 aliphatic carbocycles. The molecular weight excluding hydrogens is 386 g/mol. The number of rotatable bonds is 6. The number of carbonyl (C=O) groups excluding carboxylic acids is 1. The van der Waals surface area contributed by atoms with Crippen LogP contribution in [0.15, 0.2) is 45.2 Å². The van der Waals surface area contributed by atoms with E-state index in [0.717, 1.165) is 5.01 Å². The third-order valence-electron chi connectivity index (χ3n) is 3.99. The van der Waals surface area contributed by atoms with Crippen LogP contribution in [0.3, 0.4) is 0 Å². The van der Waals surface area contributed by atoms with Crippen LogP contribution >= 0.6 is 11.3 Å². The fourth-order valence-electron chi connectivity index (χ4n) is 2.60. The highest BCUT2D eigenvalue weighted by molar-refractivity contribution is 7.89. The van der Waals surface area contributed by atoms with Crippen molar-refractivity contribution in [2.45, 2.75) is 25.7 Å². The molecule has 0 bridgehead atoms. The van der Waals surface area contributed by atoms with E-state index in [0.29, 0.717) is 24.3 Å². The Bertz CT molecular complexity index is 1020. The Morgan fingerprint density at radius 3 is 2.41 bits per heavy atom. The Labute approximate surface area is 162 Å². The summed E-state index contributed by atoms with van der Waals surface area (Å²) in [6.45, 7) is 6.26. The molecule has 0 unspecified atom stereocenters. The van der Waals surface area contributed by atoms with Crippen LogP contribution < -0.4 is 0 Å². The molecule has 0 N–H and O–H groups in total. The Kier molecular flexibility index (Phi) is 5.54. The van der Waals surface area contributed by atoms with Gasteiger partial charge in [-0.3, -0.25) is 0 Å². The lowest BCUT2D eigenvalue weighted by atomic mass is 10.2. The maximum absolute atomic E-state index is 12.5. The topological polar surface area (TPSA) is 88.9 Å². The normalized spacial score (nSPS) is 16.1. The number of ether oxygens (including phenoxy) is 1. The molecule has 0 saturated carbocycles. The number of aromatic nitrogens is 1. The van der Waals surface area contributed by atoms with E-state index in [2.05, 4.69) is 9.98 Å². The first-order valence-electron chi connectivity index (χ1n) is 8.40. The first-order valence-corrected chi connectivity index (χ1v) is 10.7. The summed E-state index contributed by atoms with van der Waals surface area (Å²) in [5.41, 5.74) is 1.34. The SMILES string of the molecule is CCN(CC)S(=O)(=O)c1ccc(C2=N/C(=C\c3csc(C)n3)C(=O)O2)cc1. The minimum Gasteiger partial charge on any atom is -0.402 e. The molecule has 0 fully saturated rings. The van der Waals surface area contributed by atoms with Gasteiger partial charge in [0.25, 0.3) is 0 Å². The first-order chi connectivity index (χ1) is 12.8. The van der Waals surface area contributed by atoms with Gasteiger partial charge in [-0.1, -0.05) is 13.8 Å². The molecule has 1 aromatic heterocycles. The molecule has 0 atom stereocenters. The summed E-state index contributed by atoms with van der Waals surface area (Å²) >= 11 is 1.48. The van der Waals surface area contributed by atoms with E-state index in [4.69, 9.17) is 4.74 Å². The van der Waals surface area contributed by atoms with Crippen molar-refractivity contribution in [1.82, 2.24) is 9.29 Å². The van der Waals surface area contributed by atoms with Crippen molar-refractivity contribution in [2.75, 3.05) is 13.1 Å². The highest BCUT2D eigenvalue weighted by atomic mass is 32.2. The fourth-order valence-corrected chi connectivity index (χ4v) is 4.63. The molecule has 1 aliphatic heterocycles. The fraction of sp³-hybridized carbons (Fsp3) is 0.278. The second-order valence-corrected chi connectivity index (χ2v) is 8.74. The van der Waals surface area contributed by atoms with Crippen LogP contribution in [-0.4, -0.2) is 42.7 Å². The zero-order valence-electron chi connectivity index (χ0n) is 15.2. The van der Waals surface area contributed by atoms with Crippen LogP contribution in [0, 0.1) is 6.92 Å². The molecule has 0 radical (unpaired) electrons. The Hall–Kier alpha value is -2.36. The van der Waals surface area contributed by atoms with Crippen molar-refractivity contribution in [1.29, 1.82) is 0 Å². The largest absolute Gasteiger partial charge is 0.402 e. The quantitative estimate of drug-likeness (QED) is 0.545. The van der Waals surface area contributed by atoms with E-state index >= 15 is 0 Å². The van der Waals surface area contributed by atoms with Gasteiger partial charge in [0.2, 0.25) is 15.9 Å². The van der Waals surface area contributed by atoms with Crippen LogP contribution in [0.2, 0.25) is 0 Å². The van der Waals surface area contributed by atoms with Crippen LogP contribution in [0.1, 0.15) is 30.1 Å². The zero-order chi connectivity index (χ0) is 19.6. The Morgan fingerprint density at radius 2 is 1.85 bits per heavy atom. The summed E-state index contributed by atoms with van der Waals surface area (Å²) in [5.74, 6) is -0.416. The zero-order valence-corrected chi connectivity index (χ0v) is 16.8. The maximum atomic E-state index is 12.5. The van der Waals surface area contributed by atoms with E-state index in [9.17, 15) is 13.2 Å². The molecule has 9 heteroatoms. The highest BCUT2D eigenvalue weighted by Crippen LogP contribution is 2.22. The first kappa shape index (κ1) is 19.4. The van der Waals surface area contributed by atoms with Crippen LogP contribution in [0.4, 0.5) is 0 Å². The van der Waals surface area contributed by atoms with E-state index in [-0.39, 0.29) is 16.5 Å². The number of aryl methyl sites for hydroxylation is 1. The summed E-state index contributed by atoms with van der Waals surface area (Å²) < 4.78 is 31.7. The average molecular weight is 406 g/mol. The molecule has 3 rings (SSSR count). The summed E-state index contributed by atoms with van der Waals surface area (Å²) in [7, 11) is -3.53. The Morgan fingerprint density at radius 1 is 1.19 bits per heavy atom. The van der Waals surface area contributed by atoms with Crippen molar-refractivity contribution >= 4 is 39.3 Å². The number of aliphatic imine (C=N–C) groups is 1. The highest BCUT2D eigenvalue weighted by Gasteiger charge is 2.26. The predicted octanol–water partition coefficient (Wildman–Crippen LogP) is 2.83. The molecule has 2 aromatic rings. The van der Waals surface area contributed by atoms with E-state index in [1.165, 1.54) is 27.8 Å². The van der Waals surface area contributed by atoms with Gasteiger partial charge >= 0.3 is 5.97 Å². The Balaban J connectivity index is 1.86. The molecule has 7 nitrogen and oxygen atoms in total. The minimum absolute atomic E-state index is 0.144. The lowest BCUT2D eigenvalue weighted by Gasteiger charge is -2.18. The van der Waals surface area contributed by atoms with Gasteiger partial charge in [-0.05, 0) is 37.3 Å². The molecule has 0 saturated heterocycles. The van der Waals surface area contributed by atoms with Gasteiger partial charge in [-0.15, -0.1) is 11.3 Å². The lowest BCUT2D eigenvalue weighted by Crippen LogP contribution is -2.30. The number of cyclic esters (lactones) is 1. The van der Waals surface area contributed by atoms with E-state index in [1.54, 1.807) is 32.1 Å². The standard InChI is InChI=1S/C18H19N3O4S2/c1-4-21(5-2)27(23,24)15-8-6-13(7-9-15)17-20-16(18(22)25-17)10-14-11-26-12(3)19-14/h6-11H,4-5H2,1-3H3/b16-10-. The molecular formula is C18H19N3O4S2. The molecule has 142 valence electrons. The van der Waals surface area contributed by atoms with Gasteiger partial charge in [-0.25, -0.2) is 23.2 Å². The summed E-state index contributed by atoms with van der Waals surface area (Å²) in [6, 6.07) is 6.15. The van der Waals surface area contributed by atoms with Gasteiger partial charge in [0.15, 0.2) is 5.70 Å². The predicted molar refractivity (Wildman–Crippen MR) is 104 cm³/mol. The number of thiazole rings is 1. The smallest absolute Gasteiger partial charge is 0.363 e. The molecule has 1 aliphatic rings. The lowest BCUT2D eigenvalue weighted by molar-refractivity contribution is -0.129. The summed E-state index contributed by atoms with van der Waals surface area (Å²) in [4.78, 5) is 20.7. The number of hydrogen-bond donors (Lipinski definition) is 0. The van der Waals surface area contributed by atoms with Gasteiger partial charge in [0, 0.05) is 24.0 Å². The molecule has 2 heterocycles. The second kappa shape index (κ2) is 7.71. The average Bonchev–Trinajstić information content (AvgIpc) is 3.22. The van der Waals surface area contributed by atoms with E-state index < -0.39 is 16.0 Å². The third-order valence-corrected chi connectivity index (χ3v) is 6.84. The van der Waals surface area contributed by atoms with Crippen molar-refractivity contribution < 1.29 is 17.9 Å². The molecule has 1 aromatic carbocycles. The molecule has 0 spiro atoms. The van der Waals surface area contributed by atoms with Gasteiger partial charge < -0.3 is 4.74 Å².